The van der Waals surface area contributed by atoms with E-state index in [4.69, 9.17) is 4.74 Å². The Morgan fingerprint density at radius 2 is 1.84 bits per heavy atom. The van der Waals surface area contributed by atoms with Gasteiger partial charge in [-0.25, -0.2) is 0 Å². The van der Waals surface area contributed by atoms with Crippen LogP contribution in [-0.2, 0) is 11.3 Å². The molecule has 6 nitrogen and oxygen atoms in total. The van der Waals surface area contributed by atoms with Crippen LogP contribution in [0.25, 0.3) is 0 Å². The summed E-state index contributed by atoms with van der Waals surface area (Å²) in [7, 11) is 3.62. The predicted molar refractivity (Wildman–Crippen MR) is 128 cm³/mol. The lowest BCUT2D eigenvalue weighted by atomic mass is 9.86. The first-order chi connectivity index (χ1) is 15.6. The normalized spacial score (nSPS) is 19.2. The molecular formula is C26H34N4O2. The predicted octanol–water partition coefficient (Wildman–Crippen LogP) is 4.04. The van der Waals surface area contributed by atoms with Gasteiger partial charge in [-0.15, -0.1) is 0 Å². The monoisotopic (exact) mass is 434 g/mol. The highest BCUT2D eigenvalue weighted by molar-refractivity contribution is 5.81. The van der Waals surface area contributed by atoms with Crippen LogP contribution in [0, 0.1) is 0 Å². The summed E-state index contributed by atoms with van der Waals surface area (Å²) >= 11 is 0. The van der Waals surface area contributed by atoms with Crippen molar-refractivity contribution < 1.29 is 9.53 Å². The van der Waals surface area contributed by atoms with E-state index in [9.17, 15) is 4.79 Å². The molecule has 6 heteroatoms. The van der Waals surface area contributed by atoms with Gasteiger partial charge in [0.1, 0.15) is 11.4 Å². The van der Waals surface area contributed by atoms with Gasteiger partial charge in [0.15, 0.2) is 5.96 Å². The zero-order valence-corrected chi connectivity index (χ0v) is 19.1. The molecule has 1 aliphatic carbocycles. The van der Waals surface area contributed by atoms with Gasteiger partial charge in [-0.2, -0.15) is 0 Å². The summed E-state index contributed by atoms with van der Waals surface area (Å²) in [5, 5.41) is 6.92. The maximum atomic E-state index is 12.5. The molecule has 170 valence electrons. The molecule has 1 amide bonds. The van der Waals surface area contributed by atoms with Crippen LogP contribution in [0.3, 0.4) is 0 Å². The maximum Gasteiger partial charge on any atom is 0.224 e. The molecule has 2 aromatic carbocycles. The van der Waals surface area contributed by atoms with Gasteiger partial charge < -0.3 is 20.3 Å². The van der Waals surface area contributed by atoms with Gasteiger partial charge in [0.25, 0.3) is 0 Å². The van der Waals surface area contributed by atoms with Gasteiger partial charge in [0, 0.05) is 45.6 Å². The van der Waals surface area contributed by atoms with Crippen LogP contribution in [0.4, 0.5) is 0 Å². The molecule has 1 heterocycles. The topological polar surface area (TPSA) is 66.0 Å². The number of ether oxygens (including phenoxy) is 1. The van der Waals surface area contributed by atoms with Crippen LogP contribution < -0.4 is 15.4 Å². The Labute approximate surface area is 191 Å². The summed E-state index contributed by atoms with van der Waals surface area (Å²) in [6.07, 6.45) is 6.00. The molecule has 0 radical (unpaired) electrons. The van der Waals surface area contributed by atoms with Crippen molar-refractivity contribution in [2.24, 2.45) is 4.99 Å². The van der Waals surface area contributed by atoms with Gasteiger partial charge in [-0.1, -0.05) is 48.5 Å². The third-order valence-corrected chi connectivity index (χ3v) is 6.57. The Balaban J connectivity index is 1.32. The molecule has 1 saturated carbocycles. The maximum absolute atomic E-state index is 12.5. The summed E-state index contributed by atoms with van der Waals surface area (Å²) in [5.41, 5.74) is 2.24. The van der Waals surface area contributed by atoms with E-state index >= 15 is 0 Å². The lowest BCUT2D eigenvalue weighted by Gasteiger charge is -2.40. The van der Waals surface area contributed by atoms with Crippen molar-refractivity contribution in [3.63, 3.8) is 0 Å². The minimum Gasteiger partial charge on any atom is -0.487 e. The molecule has 1 fully saturated rings. The average Bonchev–Trinajstić information content (AvgIpc) is 3.26. The van der Waals surface area contributed by atoms with Crippen LogP contribution in [-0.4, -0.2) is 43.0 Å². The molecular weight excluding hydrogens is 400 g/mol. The molecule has 0 saturated heterocycles. The number of nitrogens with one attached hydrogen (secondary N) is 2. The van der Waals surface area contributed by atoms with Gasteiger partial charge in [0.05, 0.1) is 6.04 Å². The third kappa shape index (κ3) is 5.23. The molecule has 4 rings (SSSR count). The second kappa shape index (κ2) is 10.1. The number of aliphatic imine (C=N–C) groups is 1. The zero-order chi connectivity index (χ0) is 22.4. The van der Waals surface area contributed by atoms with E-state index < -0.39 is 0 Å². The van der Waals surface area contributed by atoms with E-state index in [1.165, 1.54) is 18.4 Å². The van der Waals surface area contributed by atoms with Crippen molar-refractivity contribution >= 4 is 11.9 Å². The summed E-state index contributed by atoms with van der Waals surface area (Å²) in [6, 6.07) is 18.5. The van der Waals surface area contributed by atoms with E-state index in [1.54, 1.807) is 11.9 Å². The number of carbonyl (C=O) groups is 1. The van der Waals surface area contributed by atoms with E-state index in [0.29, 0.717) is 19.5 Å². The number of guanidine groups is 1. The molecule has 0 bridgehead atoms. The Kier molecular flexibility index (Phi) is 6.98. The van der Waals surface area contributed by atoms with Crippen molar-refractivity contribution in [1.82, 2.24) is 15.5 Å². The van der Waals surface area contributed by atoms with Crippen molar-refractivity contribution in [2.75, 3.05) is 20.6 Å². The first-order valence-corrected chi connectivity index (χ1v) is 11.6. The van der Waals surface area contributed by atoms with Gasteiger partial charge >= 0.3 is 0 Å². The summed E-state index contributed by atoms with van der Waals surface area (Å²) in [4.78, 5) is 18.7. The Bertz CT molecular complexity index is 938. The molecule has 32 heavy (non-hydrogen) atoms. The van der Waals surface area contributed by atoms with Crippen LogP contribution in [0.5, 0.6) is 5.75 Å². The van der Waals surface area contributed by atoms with Crippen molar-refractivity contribution in [2.45, 2.75) is 56.7 Å². The Hall–Kier alpha value is -3.02. The van der Waals surface area contributed by atoms with E-state index in [-0.39, 0.29) is 17.6 Å². The van der Waals surface area contributed by atoms with E-state index in [2.05, 4.69) is 33.8 Å². The highest BCUT2D eigenvalue weighted by atomic mass is 16.5. The van der Waals surface area contributed by atoms with Crippen LogP contribution in [0.2, 0.25) is 0 Å². The smallest absolute Gasteiger partial charge is 0.224 e. The van der Waals surface area contributed by atoms with Crippen molar-refractivity contribution in [3.8, 4) is 5.75 Å². The minimum absolute atomic E-state index is 0.0685. The zero-order valence-electron chi connectivity index (χ0n) is 19.1. The highest BCUT2D eigenvalue weighted by Crippen LogP contribution is 2.46. The number of rotatable bonds is 6. The first-order valence-electron chi connectivity index (χ1n) is 11.6. The number of hydrogen-bond acceptors (Lipinski definition) is 3. The largest absolute Gasteiger partial charge is 0.487 e. The number of benzene rings is 2. The SMILES string of the molecule is CN=C(NCCC(=O)N(C)Cc1ccccc1)NC1CC2(CCCC2)Oc2ccccc21. The molecule has 2 aliphatic rings. The lowest BCUT2D eigenvalue weighted by molar-refractivity contribution is -0.130. The van der Waals surface area contributed by atoms with Gasteiger partial charge in [-0.3, -0.25) is 9.79 Å². The fourth-order valence-corrected chi connectivity index (χ4v) is 4.86. The summed E-state index contributed by atoms with van der Waals surface area (Å²) in [6.45, 7) is 1.15. The number of para-hydroxylation sites is 1. The van der Waals surface area contributed by atoms with E-state index in [0.717, 1.165) is 36.5 Å². The molecule has 2 N–H and O–H groups in total. The number of nitrogens with zero attached hydrogens (tertiary/aromatic N) is 2. The Morgan fingerprint density at radius 1 is 1.12 bits per heavy atom. The van der Waals surface area contributed by atoms with Crippen molar-refractivity contribution in [3.05, 3.63) is 65.7 Å². The highest BCUT2D eigenvalue weighted by Gasteiger charge is 2.43. The van der Waals surface area contributed by atoms with Gasteiger partial charge in [-0.05, 0) is 37.3 Å². The molecule has 0 aromatic heterocycles. The number of amides is 1. The van der Waals surface area contributed by atoms with Crippen LogP contribution in [0.15, 0.2) is 59.6 Å². The van der Waals surface area contributed by atoms with E-state index in [1.807, 2.05) is 43.4 Å². The minimum atomic E-state index is -0.0685. The number of hydrogen-bond donors (Lipinski definition) is 2. The van der Waals surface area contributed by atoms with Crippen LogP contribution in [0.1, 0.15) is 55.7 Å². The molecule has 2 aromatic rings. The fourth-order valence-electron chi connectivity index (χ4n) is 4.86. The summed E-state index contributed by atoms with van der Waals surface area (Å²) < 4.78 is 6.46. The third-order valence-electron chi connectivity index (χ3n) is 6.57. The molecule has 1 spiro atoms. The quantitative estimate of drug-likeness (QED) is 0.532. The number of fused-ring (bicyclic) bond motifs is 1. The molecule has 1 unspecified atom stereocenters. The lowest BCUT2D eigenvalue weighted by Crippen LogP contribution is -2.47. The summed E-state index contributed by atoms with van der Waals surface area (Å²) in [5.74, 6) is 1.81. The fraction of sp³-hybridized carbons (Fsp3) is 0.462. The van der Waals surface area contributed by atoms with Crippen molar-refractivity contribution in [1.29, 1.82) is 0 Å². The second-order valence-corrected chi connectivity index (χ2v) is 8.92. The first kappa shape index (κ1) is 22.2. The average molecular weight is 435 g/mol. The second-order valence-electron chi connectivity index (χ2n) is 8.92. The standard InChI is InChI=1S/C26H34N4O2/c1-27-25(28-17-14-24(31)30(2)19-20-10-4-3-5-11-20)29-22-18-26(15-8-9-16-26)32-23-13-7-6-12-21(22)23/h3-7,10-13,22H,8-9,14-19H2,1-2H3,(H2,27,28,29). The van der Waals surface area contributed by atoms with Gasteiger partial charge in [0.2, 0.25) is 5.91 Å². The van der Waals surface area contributed by atoms with Crippen LogP contribution >= 0.6 is 0 Å². The Morgan fingerprint density at radius 3 is 2.59 bits per heavy atom. The number of carbonyl (C=O) groups excluding carboxylic acids is 1. The molecule has 1 atom stereocenters. The molecule has 1 aliphatic heterocycles.